The van der Waals surface area contributed by atoms with E-state index in [0.717, 1.165) is 19.4 Å². The molecule has 2 atom stereocenters. The molecule has 1 aromatic rings. The van der Waals surface area contributed by atoms with Crippen LogP contribution in [0.3, 0.4) is 0 Å². The summed E-state index contributed by atoms with van der Waals surface area (Å²) in [6.45, 7) is 4.66. The number of benzene rings is 1. The molecule has 7 heteroatoms. The lowest BCUT2D eigenvalue weighted by Crippen LogP contribution is -2.53. The van der Waals surface area contributed by atoms with Gasteiger partial charge in [-0.25, -0.2) is 8.42 Å². The van der Waals surface area contributed by atoms with Crippen LogP contribution in [0.5, 0.6) is 0 Å². The molecule has 2 heterocycles. The SMILES string of the molecule is C[C@H]1C[C@@H](C(=O)N2CCN(S(=O)(=O)c3ccccc3)CC2)CCN1. The summed E-state index contributed by atoms with van der Waals surface area (Å²) in [4.78, 5) is 14.8. The summed E-state index contributed by atoms with van der Waals surface area (Å²) in [6.07, 6.45) is 1.73. The zero-order valence-corrected chi connectivity index (χ0v) is 14.8. The molecule has 0 bridgehead atoms. The van der Waals surface area contributed by atoms with Crippen LogP contribution in [-0.2, 0) is 14.8 Å². The third kappa shape index (κ3) is 3.63. The molecule has 2 aliphatic heterocycles. The van der Waals surface area contributed by atoms with E-state index in [0.29, 0.717) is 37.1 Å². The molecule has 0 aromatic heterocycles. The summed E-state index contributed by atoms with van der Waals surface area (Å²) >= 11 is 0. The molecular weight excluding hydrogens is 326 g/mol. The van der Waals surface area contributed by atoms with Crippen LogP contribution in [0.4, 0.5) is 0 Å². The highest BCUT2D eigenvalue weighted by Crippen LogP contribution is 2.22. The molecule has 0 aliphatic carbocycles. The van der Waals surface area contributed by atoms with Crippen LogP contribution in [-0.4, -0.2) is 62.3 Å². The largest absolute Gasteiger partial charge is 0.340 e. The lowest BCUT2D eigenvalue weighted by atomic mass is 9.92. The second-order valence-electron chi connectivity index (χ2n) is 6.62. The van der Waals surface area contributed by atoms with Crippen molar-refractivity contribution in [3.8, 4) is 0 Å². The maximum atomic E-state index is 12.7. The van der Waals surface area contributed by atoms with E-state index in [9.17, 15) is 13.2 Å². The second-order valence-corrected chi connectivity index (χ2v) is 8.56. The van der Waals surface area contributed by atoms with Crippen molar-refractivity contribution in [2.45, 2.75) is 30.7 Å². The first-order valence-corrected chi connectivity index (χ1v) is 10.00. The molecular formula is C17H25N3O3S. The molecule has 0 spiro atoms. The van der Waals surface area contributed by atoms with Crippen molar-refractivity contribution in [2.75, 3.05) is 32.7 Å². The number of carbonyl (C=O) groups excluding carboxylic acids is 1. The van der Waals surface area contributed by atoms with Crippen LogP contribution in [0.25, 0.3) is 0 Å². The minimum absolute atomic E-state index is 0.0681. The molecule has 132 valence electrons. The second kappa shape index (κ2) is 7.21. The number of sulfonamides is 1. The van der Waals surface area contributed by atoms with E-state index in [1.165, 1.54) is 4.31 Å². The van der Waals surface area contributed by atoms with Gasteiger partial charge < -0.3 is 10.2 Å². The first-order valence-electron chi connectivity index (χ1n) is 8.56. The highest BCUT2D eigenvalue weighted by molar-refractivity contribution is 7.89. The van der Waals surface area contributed by atoms with Crippen LogP contribution in [0.2, 0.25) is 0 Å². The van der Waals surface area contributed by atoms with Crippen molar-refractivity contribution in [1.29, 1.82) is 0 Å². The van der Waals surface area contributed by atoms with Gasteiger partial charge in [-0.2, -0.15) is 4.31 Å². The number of carbonyl (C=O) groups is 1. The summed E-state index contributed by atoms with van der Waals surface area (Å²) in [7, 11) is -3.46. The van der Waals surface area contributed by atoms with E-state index in [4.69, 9.17) is 0 Å². The van der Waals surface area contributed by atoms with Gasteiger partial charge in [-0.3, -0.25) is 4.79 Å². The Morgan fingerprint density at radius 3 is 2.42 bits per heavy atom. The fourth-order valence-corrected chi connectivity index (χ4v) is 4.95. The van der Waals surface area contributed by atoms with Crippen molar-refractivity contribution in [3.63, 3.8) is 0 Å². The lowest BCUT2D eigenvalue weighted by molar-refractivity contribution is -0.137. The fourth-order valence-electron chi connectivity index (χ4n) is 3.50. The van der Waals surface area contributed by atoms with E-state index >= 15 is 0 Å². The summed E-state index contributed by atoms with van der Waals surface area (Å²) in [5.74, 6) is 0.249. The number of nitrogens with one attached hydrogen (secondary N) is 1. The number of amides is 1. The van der Waals surface area contributed by atoms with Crippen LogP contribution in [0.1, 0.15) is 19.8 Å². The Morgan fingerprint density at radius 1 is 1.12 bits per heavy atom. The molecule has 2 saturated heterocycles. The van der Waals surface area contributed by atoms with Gasteiger partial charge in [0.15, 0.2) is 0 Å². The number of rotatable bonds is 3. The maximum absolute atomic E-state index is 12.7. The number of piperidine rings is 1. The van der Waals surface area contributed by atoms with Crippen molar-refractivity contribution >= 4 is 15.9 Å². The van der Waals surface area contributed by atoms with Crippen LogP contribution in [0.15, 0.2) is 35.2 Å². The monoisotopic (exact) mass is 351 g/mol. The Bertz CT molecular complexity index is 670. The zero-order valence-electron chi connectivity index (χ0n) is 14.0. The molecule has 0 radical (unpaired) electrons. The molecule has 3 rings (SSSR count). The molecule has 6 nitrogen and oxygen atoms in total. The first kappa shape index (κ1) is 17.4. The van der Waals surface area contributed by atoms with Crippen molar-refractivity contribution < 1.29 is 13.2 Å². The highest BCUT2D eigenvalue weighted by Gasteiger charge is 2.33. The van der Waals surface area contributed by atoms with Crippen LogP contribution < -0.4 is 5.32 Å². The highest BCUT2D eigenvalue weighted by atomic mass is 32.2. The molecule has 0 unspecified atom stereocenters. The van der Waals surface area contributed by atoms with Gasteiger partial charge in [0.05, 0.1) is 4.90 Å². The molecule has 0 saturated carbocycles. The molecule has 1 N–H and O–H groups in total. The van der Waals surface area contributed by atoms with E-state index in [2.05, 4.69) is 12.2 Å². The molecule has 1 aromatic carbocycles. The van der Waals surface area contributed by atoms with Gasteiger partial charge in [0.1, 0.15) is 0 Å². The lowest BCUT2D eigenvalue weighted by Gasteiger charge is -2.37. The van der Waals surface area contributed by atoms with Gasteiger partial charge >= 0.3 is 0 Å². The van der Waals surface area contributed by atoms with Crippen LogP contribution in [0, 0.1) is 5.92 Å². The Kier molecular flexibility index (Phi) is 5.22. The van der Waals surface area contributed by atoms with Gasteiger partial charge in [-0.05, 0) is 38.4 Å². The minimum atomic E-state index is -3.46. The van der Waals surface area contributed by atoms with Gasteiger partial charge in [-0.1, -0.05) is 18.2 Å². The summed E-state index contributed by atoms with van der Waals surface area (Å²) < 4.78 is 26.7. The number of nitrogens with zero attached hydrogens (tertiary/aromatic N) is 2. The Balaban J connectivity index is 1.60. The molecule has 24 heavy (non-hydrogen) atoms. The normalized spacial score (nSPS) is 26.3. The number of hydrogen-bond donors (Lipinski definition) is 1. The van der Waals surface area contributed by atoms with Crippen LogP contribution >= 0.6 is 0 Å². The summed E-state index contributed by atoms with van der Waals surface area (Å²) in [5.41, 5.74) is 0. The summed E-state index contributed by atoms with van der Waals surface area (Å²) in [6, 6.07) is 8.85. The number of piperazine rings is 1. The average Bonchev–Trinajstić information content (AvgIpc) is 2.62. The third-order valence-electron chi connectivity index (χ3n) is 4.90. The standard InChI is InChI=1S/C17H25N3O3S/c1-14-13-15(7-8-18-14)17(21)19-9-11-20(12-10-19)24(22,23)16-5-3-2-4-6-16/h2-6,14-15,18H,7-13H2,1H3/t14-,15-/m0/s1. The smallest absolute Gasteiger partial charge is 0.243 e. The minimum Gasteiger partial charge on any atom is -0.340 e. The van der Waals surface area contributed by atoms with E-state index in [1.807, 2.05) is 4.90 Å². The van der Waals surface area contributed by atoms with E-state index in [-0.39, 0.29) is 11.8 Å². The molecule has 1 amide bonds. The average molecular weight is 351 g/mol. The topological polar surface area (TPSA) is 69.7 Å². The van der Waals surface area contributed by atoms with Crippen molar-refractivity contribution in [2.24, 2.45) is 5.92 Å². The maximum Gasteiger partial charge on any atom is 0.243 e. The Labute approximate surface area is 143 Å². The fraction of sp³-hybridized carbons (Fsp3) is 0.588. The first-order chi connectivity index (χ1) is 11.5. The van der Waals surface area contributed by atoms with Gasteiger partial charge in [0.2, 0.25) is 15.9 Å². The van der Waals surface area contributed by atoms with E-state index in [1.54, 1.807) is 30.3 Å². The Hall–Kier alpha value is -1.44. The Morgan fingerprint density at radius 2 is 1.79 bits per heavy atom. The van der Waals surface area contributed by atoms with Crippen molar-refractivity contribution in [1.82, 2.24) is 14.5 Å². The molecule has 2 fully saturated rings. The third-order valence-corrected chi connectivity index (χ3v) is 6.82. The summed E-state index contributed by atoms with van der Waals surface area (Å²) in [5, 5.41) is 3.36. The predicted octanol–water partition coefficient (Wildman–Crippen LogP) is 0.908. The molecule has 2 aliphatic rings. The quantitative estimate of drug-likeness (QED) is 0.879. The van der Waals surface area contributed by atoms with Gasteiger partial charge in [-0.15, -0.1) is 0 Å². The van der Waals surface area contributed by atoms with Gasteiger partial charge in [0.25, 0.3) is 0 Å². The zero-order chi connectivity index (χ0) is 17.2. The predicted molar refractivity (Wildman–Crippen MR) is 92.0 cm³/mol. The van der Waals surface area contributed by atoms with E-state index < -0.39 is 10.0 Å². The number of hydrogen-bond acceptors (Lipinski definition) is 4. The van der Waals surface area contributed by atoms with Gasteiger partial charge in [0, 0.05) is 38.1 Å². The van der Waals surface area contributed by atoms with Crippen molar-refractivity contribution in [3.05, 3.63) is 30.3 Å².